The molecule has 0 unspecified atom stereocenters. The highest BCUT2D eigenvalue weighted by Crippen LogP contribution is 2.33. The summed E-state index contributed by atoms with van der Waals surface area (Å²) in [5.74, 6) is 0.614. The number of halogens is 1. The molecule has 0 bridgehead atoms. The maximum atomic E-state index is 13.3. The molecule has 0 aliphatic carbocycles. The Morgan fingerprint density at radius 2 is 1.65 bits per heavy atom. The van der Waals surface area contributed by atoms with Gasteiger partial charge in [-0.25, -0.2) is 4.98 Å². The van der Waals surface area contributed by atoms with Gasteiger partial charge in [-0.3, -0.25) is 9.59 Å². The van der Waals surface area contributed by atoms with E-state index in [-0.39, 0.29) is 11.8 Å². The third-order valence-corrected chi connectivity index (χ3v) is 5.49. The molecule has 1 heterocycles. The molecule has 0 saturated heterocycles. The lowest BCUT2D eigenvalue weighted by atomic mass is 10.0. The number of rotatable bonds is 6. The van der Waals surface area contributed by atoms with Crippen molar-refractivity contribution in [1.29, 1.82) is 0 Å². The van der Waals surface area contributed by atoms with E-state index in [1.165, 1.54) is 6.92 Å². The average Bonchev–Trinajstić information content (AvgIpc) is 2.84. The van der Waals surface area contributed by atoms with Gasteiger partial charge in [0.05, 0.1) is 41.7 Å². The minimum Gasteiger partial charge on any atom is -0.493 e. The Hall–Kier alpha value is -4.10. The summed E-state index contributed by atoms with van der Waals surface area (Å²) >= 11 is 6.35. The van der Waals surface area contributed by atoms with E-state index in [1.807, 2.05) is 36.4 Å². The van der Waals surface area contributed by atoms with Gasteiger partial charge >= 0.3 is 0 Å². The first-order valence-electron chi connectivity index (χ1n) is 10.4. The van der Waals surface area contributed by atoms with Crippen LogP contribution in [0.5, 0.6) is 11.5 Å². The lowest BCUT2D eigenvalue weighted by molar-refractivity contribution is -0.114. The number of hydrogen-bond donors (Lipinski definition) is 2. The van der Waals surface area contributed by atoms with Crippen LogP contribution in [0.2, 0.25) is 5.02 Å². The molecule has 8 heteroatoms. The summed E-state index contributed by atoms with van der Waals surface area (Å²) in [5.41, 5.74) is 3.46. The number of fused-ring (bicyclic) bond motifs is 1. The van der Waals surface area contributed by atoms with E-state index >= 15 is 0 Å². The Balaban J connectivity index is 1.74. The third kappa shape index (κ3) is 4.79. The van der Waals surface area contributed by atoms with Gasteiger partial charge in [0.2, 0.25) is 5.91 Å². The lowest BCUT2D eigenvalue weighted by Crippen LogP contribution is -2.14. The number of nitrogens with one attached hydrogen (secondary N) is 2. The van der Waals surface area contributed by atoms with Gasteiger partial charge in [0.15, 0.2) is 11.5 Å². The number of hydrogen-bond acceptors (Lipinski definition) is 5. The summed E-state index contributed by atoms with van der Waals surface area (Å²) in [6.07, 6.45) is 0. The molecule has 0 saturated carbocycles. The van der Waals surface area contributed by atoms with Crippen molar-refractivity contribution in [1.82, 2.24) is 4.98 Å². The smallest absolute Gasteiger partial charge is 0.256 e. The van der Waals surface area contributed by atoms with Crippen LogP contribution >= 0.6 is 11.6 Å². The predicted octanol–water partition coefficient (Wildman–Crippen LogP) is 5.78. The highest BCUT2D eigenvalue weighted by molar-refractivity contribution is 6.34. The molecule has 0 fully saturated rings. The Kier molecular flexibility index (Phi) is 6.65. The highest BCUT2D eigenvalue weighted by atomic mass is 35.5. The zero-order chi connectivity index (χ0) is 24.2. The number of aromatic nitrogens is 1. The van der Waals surface area contributed by atoms with Crippen LogP contribution in [0.4, 0.5) is 11.4 Å². The summed E-state index contributed by atoms with van der Waals surface area (Å²) in [7, 11) is 3.14. The molecule has 0 aliphatic heterocycles. The van der Waals surface area contributed by atoms with E-state index in [9.17, 15) is 9.59 Å². The molecular weight excluding hydrogens is 454 g/mol. The second kappa shape index (κ2) is 9.80. The molecule has 2 amide bonds. The topological polar surface area (TPSA) is 89.6 Å². The summed E-state index contributed by atoms with van der Waals surface area (Å²) in [6, 6.07) is 19.5. The van der Waals surface area contributed by atoms with Crippen molar-refractivity contribution in [2.75, 3.05) is 24.9 Å². The van der Waals surface area contributed by atoms with Crippen LogP contribution in [0.1, 0.15) is 17.3 Å². The van der Waals surface area contributed by atoms with Crippen molar-refractivity contribution < 1.29 is 19.1 Å². The number of nitrogens with zero attached hydrogens (tertiary/aromatic N) is 1. The van der Waals surface area contributed by atoms with E-state index in [2.05, 4.69) is 10.6 Å². The predicted molar refractivity (Wildman–Crippen MR) is 134 cm³/mol. The largest absolute Gasteiger partial charge is 0.493 e. The van der Waals surface area contributed by atoms with Gasteiger partial charge in [-0.15, -0.1) is 0 Å². The number of benzene rings is 3. The molecule has 4 aromatic rings. The van der Waals surface area contributed by atoms with Crippen LogP contribution in [0, 0.1) is 0 Å². The molecule has 3 aromatic carbocycles. The summed E-state index contributed by atoms with van der Waals surface area (Å²) in [4.78, 5) is 29.4. The fraction of sp³-hybridized carbons (Fsp3) is 0.115. The third-order valence-electron chi connectivity index (χ3n) is 5.18. The van der Waals surface area contributed by atoms with Crippen molar-refractivity contribution in [2.45, 2.75) is 6.92 Å². The van der Waals surface area contributed by atoms with Crippen molar-refractivity contribution >= 4 is 45.7 Å². The van der Waals surface area contributed by atoms with Crippen LogP contribution in [-0.2, 0) is 4.79 Å². The quantitative estimate of drug-likeness (QED) is 0.369. The summed E-state index contributed by atoms with van der Waals surface area (Å²) in [6.45, 7) is 1.41. The molecule has 2 N–H and O–H groups in total. The number of carbonyl (C=O) groups is 2. The Bertz CT molecular complexity index is 1400. The molecule has 1 aromatic heterocycles. The molecule has 0 radical (unpaired) electrons. The molecule has 7 nitrogen and oxygen atoms in total. The van der Waals surface area contributed by atoms with Crippen molar-refractivity contribution in [3.8, 4) is 22.8 Å². The maximum Gasteiger partial charge on any atom is 0.256 e. The molecule has 0 spiro atoms. The number of amides is 2. The normalized spacial score (nSPS) is 10.6. The van der Waals surface area contributed by atoms with Crippen molar-refractivity contribution in [2.24, 2.45) is 0 Å². The Morgan fingerprint density at radius 1 is 0.882 bits per heavy atom. The fourth-order valence-electron chi connectivity index (χ4n) is 3.59. The number of carbonyl (C=O) groups excluding carboxylic acids is 2. The van der Waals surface area contributed by atoms with E-state index < -0.39 is 0 Å². The Labute approximate surface area is 201 Å². The highest BCUT2D eigenvalue weighted by Gasteiger charge is 2.16. The molecule has 4 rings (SSSR count). The van der Waals surface area contributed by atoms with Gasteiger partial charge in [0, 0.05) is 23.6 Å². The minimum atomic E-state index is -0.338. The number of ether oxygens (including phenoxy) is 2. The van der Waals surface area contributed by atoms with Crippen molar-refractivity contribution in [3.05, 3.63) is 77.3 Å². The average molecular weight is 476 g/mol. The lowest BCUT2D eigenvalue weighted by Gasteiger charge is -2.13. The van der Waals surface area contributed by atoms with E-state index in [0.717, 1.165) is 5.56 Å². The standard InChI is InChI=1S/C26H22ClN3O4/c1-15(31)28-17-9-10-22(20(27)13-17)30-26(32)19-14-23(29-21-7-5-4-6-18(19)21)16-8-11-24(33-2)25(12-16)34-3/h4-14H,1-3H3,(H,28,31)(H,30,32). The van der Waals surface area contributed by atoms with E-state index in [0.29, 0.717) is 50.1 Å². The molecular formula is C26H22ClN3O4. The number of para-hydroxylation sites is 1. The zero-order valence-corrected chi connectivity index (χ0v) is 19.6. The van der Waals surface area contributed by atoms with Crippen LogP contribution in [0.3, 0.4) is 0 Å². The monoisotopic (exact) mass is 475 g/mol. The number of pyridine rings is 1. The van der Waals surface area contributed by atoms with Crippen molar-refractivity contribution in [3.63, 3.8) is 0 Å². The maximum absolute atomic E-state index is 13.3. The van der Waals surface area contributed by atoms with Gasteiger partial charge in [-0.1, -0.05) is 29.8 Å². The second-order valence-electron chi connectivity index (χ2n) is 7.47. The molecule has 0 atom stereocenters. The molecule has 0 aliphatic rings. The van der Waals surface area contributed by atoms with Gasteiger partial charge in [-0.05, 0) is 48.5 Å². The number of anilines is 2. The zero-order valence-electron chi connectivity index (χ0n) is 18.8. The van der Waals surface area contributed by atoms with Crippen LogP contribution in [-0.4, -0.2) is 31.0 Å². The minimum absolute atomic E-state index is 0.209. The van der Waals surface area contributed by atoms with E-state index in [4.69, 9.17) is 26.1 Å². The summed E-state index contributed by atoms with van der Waals surface area (Å²) < 4.78 is 10.7. The molecule has 34 heavy (non-hydrogen) atoms. The Morgan fingerprint density at radius 3 is 2.35 bits per heavy atom. The number of methoxy groups -OCH3 is 2. The SMILES string of the molecule is COc1ccc(-c2cc(C(=O)Nc3ccc(NC(C)=O)cc3Cl)c3ccccc3n2)cc1OC. The van der Waals surface area contributed by atoms with Crippen LogP contribution in [0.15, 0.2) is 66.7 Å². The van der Waals surface area contributed by atoms with Gasteiger partial charge < -0.3 is 20.1 Å². The van der Waals surface area contributed by atoms with Crippen LogP contribution in [0.25, 0.3) is 22.2 Å². The first kappa shape index (κ1) is 23.1. The second-order valence-corrected chi connectivity index (χ2v) is 7.88. The fourth-order valence-corrected chi connectivity index (χ4v) is 3.82. The van der Waals surface area contributed by atoms with E-state index in [1.54, 1.807) is 44.6 Å². The van der Waals surface area contributed by atoms with Gasteiger partial charge in [0.25, 0.3) is 5.91 Å². The molecule has 172 valence electrons. The van der Waals surface area contributed by atoms with Gasteiger partial charge in [0.1, 0.15) is 0 Å². The van der Waals surface area contributed by atoms with Gasteiger partial charge in [-0.2, -0.15) is 0 Å². The summed E-state index contributed by atoms with van der Waals surface area (Å²) in [5, 5.41) is 6.53. The van der Waals surface area contributed by atoms with Crippen LogP contribution < -0.4 is 20.1 Å². The first-order valence-corrected chi connectivity index (χ1v) is 10.8. The first-order chi connectivity index (χ1) is 16.4.